The Morgan fingerprint density at radius 3 is 1.46 bits per heavy atom. The minimum absolute atomic E-state index is 0.772. The highest BCUT2D eigenvalue weighted by molar-refractivity contribution is 4.59. The van der Waals surface area contributed by atoms with E-state index in [4.69, 9.17) is 16.2 Å². The summed E-state index contributed by atoms with van der Waals surface area (Å²) in [6.45, 7) is 8.94. The molecule has 158 valence electrons. The van der Waals surface area contributed by atoms with Crippen LogP contribution in [-0.2, 0) is 4.74 Å². The van der Waals surface area contributed by atoms with Gasteiger partial charge in [-0.25, -0.2) is 0 Å². The normalized spacial score (nSPS) is 11.5. The van der Waals surface area contributed by atoms with Gasteiger partial charge in [0.2, 0.25) is 0 Å². The van der Waals surface area contributed by atoms with Crippen molar-refractivity contribution < 1.29 is 4.74 Å². The third-order valence-corrected chi connectivity index (χ3v) is 5.01. The Morgan fingerprint density at radius 2 is 0.962 bits per heavy atom. The molecule has 0 aromatic carbocycles. The third-order valence-electron chi connectivity index (χ3n) is 5.01. The first-order chi connectivity index (χ1) is 12.8. The Labute approximate surface area is 164 Å². The molecular formula is C22H49N3O. The van der Waals surface area contributed by atoms with E-state index in [0.717, 1.165) is 65.2 Å². The summed E-state index contributed by atoms with van der Waals surface area (Å²) in [5.41, 5.74) is 11.2. The van der Waals surface area contributed by atoms with Crippen LogP contribution >= 0.6 is 0 Å². The van der Waals surface area contributed by atoms with Gasteiger partial charge in [-0.3, -0.25) is 0 Å². The summed E-state index contributed by atoms with van der Waals surface area (Å²) >= 11 is 0. The Hall–Kier alpha value is -0.160. The van der Waals surface area contributed by atoms with Gasteiger partial charge >= 0.3 is 0 Å². The zero-order valence-electron chi connectivity index (χ0n) is 17.9. The number of rotatable bonds is 22. The van der Waals surface area contributed by atoms with E-state index in [1.807, 2.05) is 0 Å². The maximum atomic E-state index is 5.80. The maximum absolute atomic E-state index is 5.80. The molecule has 4 N–H and O–H groups in total. The molecule has 0 saturated carbocycles. The zero-order chi connectivity index (χ0) is 19.1. The van der Waals surface area contributed by atoms with E-state index >= 15 is 0 Å². The zero-order valence-corrected chi connectivity index (χ0v) is 17.9. The van der Waals surface area contributed by atoms with Gasteiger partial charge in [-0.1, -0.05) is 71.1 Å². The minimum atomic E-state index is 0.772. The second-order valence-electron chi connectivity index (χ2n) is 7.63. The third kappa shape index (κ3) is 20.2. The van der Waals surface area contributed by atoms with Gasteiger partial charge in [0.05, 0.1) is 0 Å². The summed E-state index contributed by atoms with van der Waals surface area (Å²) in [5.74, 6) is 0. The van der Waals surface area contributed by atoms with Crippen LogP contribution in [0.3, 0.4) is 0 Å². The number of nitrogens with zero attached hydrogens (tertiary/aromatic N) is 1. The predicted molar refractivity (Wildman–Crippen MR) is 116 cm³/mol. The fourth-order valence-corrected chi connectivity index (χ4v) is 3.33. The van der Waals surface area contributed by atoms with Crippen molar-refractivity contribution in [1.82, 2.24) is 4.90 Å². The van der Waals surface area contributed by atoms with E-state index in [0.29, 0.717) is 0 Å². The molecule has 0 heterocycles. The first kappa shape index (κ1) is 25.8. The number of ether oxygens (including phenoxy) is 1. The van der Waals surface area contributed by atoms with Crippen LogP contribution in [0.2, 0.25) is 0 Å². The highest BCUT2D eigenvalue weighted by Gasteiger charge is 2.03. The van der Waals surface area contributed by atoms with Crippen LogP contribution in [0.4, 0.5) is 0 Å². The molecule has 4 nitrogen and oxygen atoms in total. The van der Waals surface area contributed by atoms with E-state index in [1.165, 1.54) is 70.6 Å². The van der Waals surface area contributed by atoms with Crippen LogP contribution in [0.1, 0.15) is 96.8 Å². The van der Waals surface area contributed by atoms with Crippen molar-refractivity contribution in [2.75, 3.05) is 45.9 Å². The molecule has 0 aromatic heterocycles. The highest BCUT2D eigenvalue weighted by Crippen LogP contribution is 2.11. The lowest BCUT2D eigenvalue weighted by Gasteiger charge is -2.21. The van der Waals surface area contributed by atoms with Gasteiger partial charge in [-0.15, -0.1) is 0 Å². The number of hydrogen-bond acceptors (Lipinski definition) is 4. The molecule has 0 aliphatic carbocycles. The fraction of sp³-hybridized carbons (Fsp3) is 1.00. The smallest absolute Gasteiger partial charge is 0.0478 e. The van der Waals surface area contributed by atoms with Gasteiger partial charge in [0, 0.05) is 19.8 Å². The first-order valence-electron chi connectivity index (χ1n) is 11.5. The maximum Gasteiger partial charge on any atom is 0.0478 e. The molecule has 0 radical (unpaired) electrons. The van der Waals surface area contributed by atoms with Crippen LogP contribution in [-0.4, -0.2) is 50.8 Å². The molecule has 26 heavy (non-hydrogen) atoms. The van der Waals surface area contributed by atoms with Crippen molar-refractivity contribution in [2.24, 2.45) is 11.5 Å². The Morgan fingerprint density at radius 1 is 0.538 bits per heavy atom. The first-order valence-corrected chi connectivity index (χ1v) is 11.5. The molecule has 0 aromatic rings. The topological polar surface area (TPSA) is 64.5 Å². The van der Waals surface area contributed by atoms with Crippen molar-refractivity contribution in [2.45, 2.75) is 96.8 Å². The molecule has 0 amide bonds. The van der Waals surface area contributed by atoms with Crippen molar-refractivity contribution in [3.05, 3.63) is 0 Å². The van der Waals surface area contributed by atoms with Gasteiger partial charge in [0.15, 0.2) is 0 Å². The quantitative estimate of drug-likeness (QED) is 0.271. The summed E-state index contributed by atoms with van der Waals surface area (Å²) < 4.78 is 5.80. The average molecular weight is 372 g/mol. The van der Waals surface area contributed by atoms with Gasteiger partial charge in [0.25, 0.3) is 0 Å². The summed E-state index contributed by atoms with van der Waals surface area (Å²) in [6.07, 6.45) is 18.5. The molecule has 4 heteroatoms. The van der Waals surface area contributed by atoms with E-state index in [-0.39, 0.29) is 0 Å². The molecule has 0 saturated heterocycles. The Balaban J connectivity index is 3.26. The fourth-order valence-electron chi connectivity index (χ4n) is 3.33. The molecular weight excluding hydrogens is 322 g/mol. The molecule has 0 bridgehead atoms. The summed E-state index contributed by atoms with van der Waals surface area (Å²) in [4.78, 5) is 2.48. The molecule has 0 fully saturated rings. The predicted octanol–water partition coefficient (Wildman–Crippen LogP) is 4.70. The van der Waals surface area contributed by atoms with E-state index < -0.39 is 0 Å². The van der Waals surface area contributed by atoms with Crippen LogP contribution < -0.4 is 11.5 Å². The summed E-state index contributed by atoms with van der Waals surface area (Å²) in [6, 6.07) is 0. The molecule has 0 unspecified atom stereocenters. The number of nitrogens with two attached hydrogens (primary N) is 2. The average Bonchev–Trinajstić information content (AvgIpc) is 2.66. The lowest BCUT2D eigenvalue weighted by atomic mass is 10.1. The second kappa shape index (κ2) is 22.9. The van der Waals surface area contributed by atoms with Crippen molar-refractivity contribution in [1.29, 1.82) is 0 Å². The Bertz CT molecular complexity index is 244. The molecule has 0 aliphatic heterocycles. The number of unbranched alkanes of at least 4 members (excludes halogenated alkanes) is 10. The van der Waals surface area contributed by atoms with Crippen LogP contribution in [0.5, 0.6) is 0 Å². The van der Waals surface area contributed by atoms with Crippen LogP contribution in [0.25, 0.3) is 0 Å². The monoisotopic (exact) mass is 371 g/mol. The standard InChI is InChI=1S/C22H49N3O/c1-2-3-4-5-6-7-8-9-10-11-12-21-26-22-15-20-25(18-13-16-23)19-14-17-24/h2-24H2,1H3. The largest absolute Gasteiger partial charge is 0.381 e. The molecule has 0 rings (SSSR count). The van der Waals surface area contributed by atoms with Gasteiger partial charge in [-0.2, -0.15) is 0 Å². The highest BCUT2D eigenvalue weighted by atomic mass is 16.5. The SMILES string of the molecule is CCCCCCCCCCCCCOCCCN(CCCN)CCCN. The van der Waals surface area contributed by atoms with E-state index in [1.54, 1.807) is 0 Å². The van der Waals surface area contributed by atoms with E-state index in [2.05, 4.69) is 11.8 Å². The van der Waals surface area contributed by atoms with Gasteiger partial charge in [-0.05, 0) is 51.9 Å². The minimum Gasteiger partial charge on any atom is -0.381 e. The lowest BCUT2D eigenvalue weighted by Crippen LogP contribution is -2.30. The number of hydrogen-bond donors (Lipinski definition) is 2. The van der Waals surface area contributed by atoms with Gasteiger partial charge < -0.3 is 21.1 Å². The molecule has 0 atom stereocenters. The van der Waals surface area contributed by atoms with E-state index in [9.17, 15) is 0 Å². The second-order valence-corrected chi connectivity index (χ2v) is 7.63. The summed E-state index contributed by atoms with van der Waals surface area (Å²) in [7, 11) is 0. The Kier molecular flexibility index (Phi) is 22.7. The van der Waals surface area contributed by atoms with Crippen molar-refractivity contribution in [3.8, 4) is 0 Å². The van der Waals surface area contributed by atoms with Crippen LogP contribution in [0, 0.1) is 0 Å². The van der Waals surface area contributed by atoms with Crippen molar-refractivity contribution in [3.63, 3.8) is 0 Å². The van der Waals surface area contributed by atoms with Gasteiger partial charge in [0.1, 0.15) is 0 Å². The molecule has 0 aliphatic rings. The summed E-state index contributed by atoms with van der Waals surface area (Å²) in [5, 5.41) is 0. The molecule has 0 spiro atoms. The lowest BCUT2D eigenvalue weighted by molar-refractivity contribution is 0.116. The van der Waals surface area contributed by atoms with Crippen LogP contribution in [0.15, 0.2) is 0 Å². The van der Waals surface area contributed by atoms with Crippen molar-refractivity contribution >= 4 is 0 Å².